The summed E-state index contributed by atoms with van der Waals surface area (Å²) in [6.45, 7) is 2.15. The van der Waals surface area contributed by atoms with Crippen LogP contribution in [-0.2, 0) is 0 Å². The van der Waals surface area contributed by atoms with E-state index >= 15 is 0 Å². The van der Waals surface area contributed by atoms with Crippen molar-refractivity contribution in [2.24, 2.45) is 5.73 Å². The van der Waals surface area contributed by atoms with E-state index in [9.17, 15) is 0 Å². The Morgan fingerprint density at radius 3 is 2.89 bits per heavy atom. The van der Waals surface area contributed by atoms with Crippen LogP contribution in [0.1, 0.15) is 6.92 Å². The molecule has 2 atom stereocenters. The molecule has 1 aliphatic rings. The van der Waals surface area contributed by atoms with Crippen LogP contribution in [0.5, 0.6) is 0 Å². The van der Waals surface area contributed by atoms with Crippen molar-refractivity contribution in [1.82, 2.24) is 10.4 Å². The number of nitrogens with two attached hydrogens (primary N) is 1. The van der Waals surface area contributed by atoms with Crippen LogP contribution in [-0.4, -0.2) is 29.3 Å². The Kier molecular flexibility index (Phi) is 2.35. The van der Waals surface area contributed by atoms with Gasteiger partial charge in [-0.2, -0.15) is 0 Å². The third-order valence-electron chi connectivity index (χ3n) is 1.32. The maximum absolute atomic E-state index is 5.67. The Morgan fingerprint density at radius 2 is 2.44 bits per heavy atom. The van der Waals surface area contributed by atoms with E-state index in [4.69, 9.17) is 5.73 Å². The summed E-state index contributed by atoms with van der Waals surface area (Å²) in [5.41, 5.74) is 9.01. The molecule has 0 aromatic heterocycles. The molecule has 1 heterocycles. The molecular weight excluding hydrogens is 134 g/mol. The highest BCUT2D eigenvalue weighted by Gasteiger charge is 2.18. The van der Waals surface area contributed by atoms with E-state index in [0.717, 1.165) is 5.75 Å². The number of rotatable bonds is 0. The summed E-state index contributed by atoms with van der Waals surface area (Å²) >= 11 is 1.78. The minimum atomic E-state index is 0.126. The highest BCUT2D eigenvalue weighted by Crippen LogP contribution is 2.14. The van der Waals surface area contributed by atoms with Gasteiger partial charge in [0.1, 0.15) is 5.50 Å². The van der Waals surface area contributed by atoms with E-state index in [1.165, 1.54) is 0 Å². The number of hydrogen-bond acceptors (Lipinski definition) is 4. The number of hydrazine groups is 1. The SMILES string of the molecule is CC1CSC(N)N(C)N1. The summed E-state index contributed by atoms with van der Waals surface area (Å²) in [5.74, 6) is 1.10. The molecule has 0 amide bonds. The summed E-state index contributed by atoms with van der Waals surface area (Å²) < 4.78 is 0. The summed E-state index contributed by atoms with van der Waals surface area (Å²) in [5, 5.41) is 1.94. The summed E-state index contributed by atoms with van der Waals surface area (Å²) in [6, 6.07) is 0.555. The van der Waals surface area contributed by atoms with Crippen molar-refractivity contribution in [3.05, 3.63) is 0 Å². The molecule has 54 valence electrons. The molecule has 2 unspecified atom stereocenters. The molecule has 1 aliphatic heterocycles. The van der Waals surface area contributed by atoms with Crippen molar-refractivity contribution in [3.8, 4) is 0 Å². The lowest BCUT2D eigenvalue weighted by Gasteiger charge is -2.33. The van der Waals surface area contributed by atoms with E-state index in [1.54, 1.807) is 11.8 Å². The lowest BCUT2D eigenvalue weighted by atomic mass is 10.4. The van der Waals surface area contributed by atoms with E-state index in [-0.39, 0.29) is 5.50 Å². The first-order valence-corrected chi connectivity index (χ1v) is 4.11. The van der Waals surface area contributed by atoms with Crippen molar-refractivity contribution in [2.75, 3.05) is 12.8 Å². The minimum absolute atomic E-state index is 0.126. The molecule has 0 aliphatic carbocycles. The van der Waals surface area contributed by atoms with Crippen molar-refractivity contribution in [1.29, 1.82) is 0 Å². The topological polar surface area (TPSA) is 41.3 Å². The molecule has 0 aromatic carbocycles. The fourth-order valence-electron chi connectivity index (χ4n) is 0.813. The van der Waals surface area contributed by atoms with Gasteiger partial charge in [-0.05, 0) is 6.92 Å². The van der Waals surface area contributed by atoms with E-state index in [2.05, 4.69) is 12.3 Å². The largest absolute Gasteiger partial charge is 0.306 e. The molecule has 4 heteroatoms. The maximum Gasteiger partial charge on any atom is 0.118 e. The van der Waals surface area contributed by atoms with Gasteiger partial charge in [-0.15, -0.1) is 11.8 Å². The lowest BCUT2D eigenvalue weighted by Crippen LogP contribution is -2.54. The Hall–Kier alpha value is 0.230. The second kappa shape index (κ2) is 2.88. The molecule has 1 fully saturated rings. The average molecular weight is 147 g/mol. The van der Waals surface area contributed by atoms with Gasteiger partial charge in [0.25, 0.3) is 0 Å². The van der Waals surface area contributed by atoms with Crippen molar-refractivity contribution in [2.45, 2.75) is 18.5 Å². The van der Waals surface area contributed by atoms with Gasteiger partial charge in [0.05, 0.1) is 0 Å². The van der Waals surface area contributed by atoms with Crippen molar-refractivity contribution >= 4 is 11.8 Å². The number of nitrogens with zero attached hydrogens (tertiary/aromatic N) is 1. The smallest absolute Gasteiger partial charge is 0.118 e. The van der Waals surface area contributed by atoms with Crippen molar-refractivity contribution in [3.63, 3.8) is 0 Å². The standard InChI is InChI=1S/C5H13N3S/c1-4-3-9-5(6)8(2)7-4/h4-5,7H,3,6H2,1-2H3. The van der Waals surface area contributed by atoms with Gasteiger partial charge in [-0.3, -0.25) is 0 Å². The molecule has 0 bridgehead atoms. The fraction of sp³-hybridized carbons (Fsp3) is 1.00. The highest BCUT2D eigenvalue weighted by atomic mass is 32.2. The molecule has 3 nitrogen and oxygen atoms in total. The van der Waals surface area contributed by atoms with Gasteiger partial charge in [0.15, 0.2) is 0 Å². The molecule has 1 saturated heterocycles. The Morgan fingerprint density at radius 1 is 1.78 bits per heavy atom. The van der Waals surface area contributed by atoms with E-state index in [1.807, 2.05) is 12.1 Å². The van der Waals surface area contributed by atoms with Crippen LogP contribution >= 0.6 is 11.8 Å². The Labute approximate surface area is 59.9 Å². The third-order valence-corrected chi connectivity index (χ3v) is 2.67. The summed E-state index contributed by atoms with van der Waals surface area (Å²) in [4.78, 5) is 0. The van der Waals surface area contributed by atoms with Gasteiger partial charge in [0, 0.05) is 18.8 Å². The summed E-state index contributed by atoms with van der Waals surface area (Å²) in [7, 11) is 1.97. The lowest BCUT2D eigenvalue weighted by molar-refractivity contribution is 0.188. The van der Waals surface area contributed by atoms with Crippen LogP contribution in [0.3, 0.4) is 0 Å². The van der Waals surface area contributed by atoms with Gasteiger partial charge < -0.3 is 5.73 Å². The first-order valence-electron chi connectivity index (χ1n) is 3.06. The van der Waals surface area contributed by atoms with Crippen LogP contribution in [0.15, 0.2) is 0 Å². The average Bonchev–Trinajstić information content (AvgIpc) is 1.80. The Balaban J connectivity index is 2.35. The van der Waals surface area contributed by atoms with Crippen LogP contribution in [0.25, 0.3) is 0 Å². The van der Waals surface area contributed by atoms with Gasteiger partial charge in [-0.25, -0.2) is 10.4 Å². The molecule has 0 saturated carbocycles. The summed E-state index contributed by atoms with van der Waals surface area (Å²) in [6.07, 6.45) is 0. The number of nitrogens with one attached hydrogen (secondary N) is 1. The number of hydrogen-bond donors (Lipinski definition) is 2. The van der Waals surface area contributed by atoms with Crippen LogP contribution in [0.4, 0.5) is 0 Å². The van der Waals surface area contributed by atoms with Gasteiger partial charge in [-0.1, -0.05) is 0 Å². The highest BCUT2D eigenvalue weighted by molar-refractivity contribution is 7.99. The third kappa shape index (κ3) is 1.82. The van der Waals surface area contributed by atoms with Gasteiger partial charge in [0.2, 0.25) is 0 Å². The second-order valence-electron chi connectivity index (χ2n) is 2.36. The van der Waals surface area contributed by atoms with Crippen molar-refractivity contribution < 1.29 is 0 Å². The predicted octanol–water partition coefficient (Wildman–Crippen LogP) is -0.200. The van der Waals surface area contributed by atoms with E-state index in [0.29, 0.717) is 6.04 Å². The van der Waals surface area contributed by atoms with Crippen LogP contribution in [0, 0.1) is 0 Å². The molecule has 1 rings (SSSR count). The molecular formula is C5H13N3S. The molecule has 3 N–H and O–H groups in total. The second-order valence-corrected chi connectivity index (χ2v) is 3.51. The number of thioether (sulfide) groups is 1. The zero-order valence-electron chi connectivity index (χ0n) is 5.79. The zero-order valence-corrected chi connectivity index (χ0v) is 6.61. The molecule has 0 radical (unpaired) electrons. The first kappa shape index (κ1) is 7.34. The first-order chi connectivity index (χ1) is 4.20. The molecule has 0 spiro atoms. The predicted molar refractivity (Wildman–Crippen MR) is 40.8 cm³/mol. The maximum atomic E-state index is 5.67. The minimum Gasteiger partial charge on any atom is -0.306 e. The fourth-order valence-corrected chi connectivity index (χ4v) is 1.66. The van der Waals surface area contributed by atoms with Crippen LogP contribution in [0.2, 0.25) is 0 Å². The van der Waals surface area contributed by atoms with Crippen LogP contribution < -0.4 is 11.2 Å². The van der Waals surface area contributed by atoms with Gasteiger partial charge >= 0.3 is 0 Å². The quantitative estimate of drug-likeness (QED) is 0.498. The monoisotopic (exact) mass is 147 g/mol. The molecule has 0 aromatic rings. The normalized spacial score (nSPS) is 39.0. The van der Waals surface area contributed by atoms with E-state index < -0.39 is 0 Å². The zero-order chi connectivity index (χ0) is 6.85. The molecule has 9 heavy (non-hydrogen) atoms. The Bertz CT molecular complexity index is 98.2.